The van der Waals surface area contributed by atoms with Gasteiger partial charge in [0.25, 0.3) is 0 Å². The first-order chi connectivity index (χ1) is 8.13. The van der Waals surface area contributed by atoms with Gasteiger partial charge in [0.05, 0.1) is 5.56 Å². The zero-order valence-electron chi connectivity index (χ0n) is 9.90. The van der Waals surface area contributed by atoms with E-state index in [2.05, 4.69) is 12.1 Å². The number of halogens is 1. The van der Waals surface area contributed by atoms with Crippen LogP contribution < -0.4 is 5.73 Å². The summed E-state index contributed by atoms with van der Waals surface area (Å²) in [6, 6.07) is 6.18. The van der Waals surface area contributed by atoms with E-state index in [0.29, 0.717) is 5.82 Å². The van der Waals surface area contributed by atoms with Crippen molar-refractivity contribution in [2.24, 2.45) is 0 Å². The van der Waals surface area contributed by atoms with Gasteiger partial charge in [0.15, 0.2) is 5.82 Å². The lowest BCUT2D eigenvalue weighted by Crippen LogP contribution is -1.94. The molecule has 0 spiro atoms. The molecule has 4 heteroatoms. The van der Waals surface area contributed by atoms with E-state index in [4.69, 9.17) is 10.3 Å². The van der Waals surface area contributed by atoms with Crippen molar-refractivity contribution in [1.82, 2.24) is 5.16 Å². The molecule has 0 radical (unpaired) electrons. The molecule has 1 heterocycles. The predicted molar refractivity (Wildman–Crippen MR) is 65.0 cm³/mol. The highest BCUT2D eigenvalue weighted by atomic mass is 19.1. The number of nitrogens with two attached hydrogens (primary N) is 1. The molecule has 1 aromatic heterocycles. The summed E-state index contributed by atoms with van der Waals surface area (Å²) in [7, 11) is 0. The van der Waals surface area contributed by atoms with E-state index in [1.54, 1.807) is 12.1 Å². The molecule has 3 nitrogen and oxygen atoms in total. The van der Waals surface area contributed by atoms with E-state index in [1.165, 1.54) is 12.1 Å². The van der Waals surface area contributed by atoms with Crippen molar-refractivity contribution in [2.45, 2.75) is 26.2 Å². The van der Waals surface area contributed by atoms with E-state index in [0.717, 1.165) is 23.3 Å². The summed E-state index contributed by atoms with van der Waals surface area (Å²) in [5.74, 6) is 1.08. The normalized spacial score (nSPS) is 12.6. The molecule has 17 heavy (non-hydrogen) atoms. The molecule has 1 aromatic carbocycles. The highest BCUT2D eigenvalue weighted by Gasteiger charge is 2.19. The van der Waals surface area contributed by atoms with Gasteiger partial charge in [-0.3, -0.25) is 0 Å². The molecule has 1 atom stereocenters. The van der Waals surface area contributed by atoms with Gasteiger partial charge in [-0.15, -0.1) is 0 Å². The van der Waals surface area contributed by atoms with Crippen LogP contribution in [-0.2, 0) is 0 Å². The summed E-state index contributed by atoms with van der Waals surface area (Å²) in [6.07, 6.45) is 0.933. The summed E-state index contributed by atoms with van der Waals surface area (Å²) in [6.45, 7) is 4.12. The van der Waals surface area contributed by atoms with Crippen molar-refractivity contribution in [3.8, 4) is 11.1 Å². The molecular formula is C13H15FN2O. The largest absolute Gasteiger partial charge is 0.380 e. The summed E-state index contributed by atoms with van der Waals surface area (Å²) in [5, 5.41) is 3.79. The van der Waals surface area contributed by atoms with Crippen LogP contribution in [0.5, 0.6) is 0 Å². The quantitative estimate of drug-likeness (QED) is 0.883. The molecule has 2 aromatic rings. The molecule has 0 aliphatic rings. The number of aromatic nitrogens is 1. The molecule has 0 bridgehead atoms. The van der Waals surface area contributed by atoms with Gasteiger partial charge in [0.1, 0.15) is 11.6 Å². The minimum atomic E-state index is -0.270. The second kappa shape index (κ2) is 4.57. The first kappa shape index (κ1) is 11.6. The third-order valence-electron chi connectivity index (χ3n) is 2.94. The Hall–Kier alpha value is -1.84. The fraction of sp³-hybridized carbons (Fsp3) is 0.308. The van der Waals surface area contributed by atoms with Crippen molar-refractivity contribution >= 4 is 5.82 Å². The predicted octanol–water partition coefficient (Wildman–Crippen LogP) is 3.58. The van der Waals surface area contributed by atoms with Gasteiger partial charge in [0.2, 0.25) is 0 Å². The Morgan fingerprint density at radius 2 is 2.00 bits per heavy atom. The number of rotatable bonds is 3. The Morgan fingerprint density at radius 3 is 2.59 bits per heavy atom. The Labute approximate surface area is 99.4 Å². The van der Waals surface area contributed by atoms with E-state index in [1.807, 2.05) is 6.92 Å². The Kier molecular flexibility index (Phi) is 3.13. The van der Waals surface area contributed by atoms with Crippen LogP contribution in [0.4, 0.5) is 10.2 Å². The van der Waals surface area contributed by atoms with Crippen LogP contribution in [0, 0.1) is 5.82 Å². The van der Waals surface area contributed by atoms with Gasteiger partial charge < -0.3 is 10.3 Å². The minimum Gasteiger partial charge on any atom is -0.380 e. The Morgan fingerprint density at radius 1 is 1.35 bits per heavy atom. The maximum absolute atomic E-state index is 12.9. The summed E-state index contributed by atoms with van der Waals surface area (Å²) >= 11 is 0. The number of nitrogen functional groups attached to an aromatic ring is 1. The van der Waals surface area contributed by atoms with Crippen molar-refractivity contribution in [3.05, 3.63) is 35.8 Å². The lowest BCUT2D eigenvalue weighted by Gasteiger charge is -2.07. The molecule has 2 N–H and O–H groups in total. The molecule has 0 fully saturated rings. The van der Waals surface area contributed by atoms with Gasteiger partial charge in [-0.25, -0.2) is 4.39 Å². The average molecular weight is 234 g/mol. The number of benzene rings is 1. The molecule has 0 aliphatic carbocycles. The summed E-state index contributed by atoms with van der Waals surface area (Å²) in [4.78, 5) is 0. The summed E-state index contributed by atoms with van der Waals surface area (Å²) < 4.78 is 18.1. The Balaban J connectivity index is 2.50. The third kappa shape index (κ3) is 2.16. The van der Waals surface area contributed by atoms with E-state index in [9.17, 15) is 4.39 Å². The van der Waals surface area contributed by atoms with Crippen LogP contribution in [0.2, 0.25) is 0 Å². The molecule has 90 valence electrons. The van der Waals surface area contributed by atoms with Crippen molar-refractivity contribution in [1.29, 1.82) is 0 Å². The smallest absolute Gasteiger partial charge is 0.175 e. The van der Waals surface area contributed by atoms with Gasteiger partial charge in [-0.1, -0.05) is 31.1 Å². The number of hydrogen-bond acceptors (Lipinski definition) is 3. The van der Waals surface area contributed by atoms with Crippen LogP contribution in [0.15, 0.2) is 28.8 Å². The maximum Gasteiger partial charge on any atom is 0.175 e. The topological polar surface area (TPSA) is 52.0 Å². The maximum atomic E-state index is 12.9. The molecule has 0 aliphatic heterocycles. The molecule has 0 amide bonds. The molecular weight excluding hydrogens is 219 g/mol. The second-order valence-electron chi connectivity index (χ2n) is 4.12. The molecule has 0 saturated carbocycles. The standard InChI is InChI=1S/C13H15FN2O/c1-3-8(2)12-11(13(15)16-17-12)9-4-6-10(14)7-5-9/h4-8H,3H2,1-2H3,(H2,15,16). The molecule has 0 saturated heterocycles. The minimum absolute atomic E-state index is 0.236. The van der Waals surface area contributed by atoms with Crippen LogP contribution in [0.3, 0.4) is 0 Å². The van der Waals surface area contributed by atoms with Crippen molar-refractivity contribution < 1.29 is 8.91 Å². The lowest BCUT2D eigenvalue weighted by molar-refractivity contribution is 0.366. The van der Waals surface area contributed by atoms with Gasteiger partial charge in [-0.05, 0) is 24.1 Å². The fourth-order valence-corrected chi connectivity index (χ4v) is 1.74. The SMILES string of the molecule is CCC(C)c1onc(N)c1-c1ccc(F)cc1. The lowest BCUT2D eigenvalue weighted by atomic mass is 9.97. The highest BCUT2D eigenvalue weighted by molar-refractivity contribution is 5.75. The zero-order chi connectivity index (χ0) is 12.4. The number of nitrogens with zero attached hydrogens (tertiary/aromatic N) is 1. The van der Waals surface area contributed by atoms with Crippen LogP contribution in [0.1, 0.15) is 31.9 Å². The third-order valence-corrected chi connectivity index (χ3v) is 2.94. The van der Waals surface area contributed by atoms with Crippen LogP contribution >= 0.6 is 0 Å². The summed E-state index contributed by atoms with van der Waals surface area (Å²) in [5.41, 5.74) is 7.42. The van der Waals surface area contributed by atoms with Gasteiger partial charge >= 0.3 is 0 Å². The Bertz CT molecular complexity index is 505. The van der Waals surface area contributed by atoms with Gasteiger partial charge in [0, 0.05) is 5.92 Å². The average Bonchev–Trinajstić information content (AvgIpc) is 2.71. The number of anilines is 1. The van der Waals surface area contributed by atoms with E-state index >= 15 is 0 Å². The fourth-order valence-electron chi connectivity index (χ4n) is 1.74. The van der Waals surface area contributed by atoms with Crippen LogP contribution in [0.25, 0.3) is 11.1 Å². The number of hydrogen-bond donors (Lipinski definition) is 1. The van der Waals surface area contributed by atoms with Gasteiger partial charge in [-0.2, -0.15) is 0 Å². The van der Waals surface area contributed by atoms with E-state index < -0.39 is 0 Å². The monoisotopic (exact) mass is 234 g/mol. The second-order valence-corrected chi connectivity index (χ2v) is 4.12. The first-order valence-electron chi connectivity index (χ1n) is 5.64. The highest BCUT2D eigenvalue weighted by Crippen LogP contribution is 2.35. The van der Waals surface area contributed by atoms with Crippen LogP contribution in [-0.4, -0.2) is 5.16 Å². The van der Waals surface area contributed by atoms with Crippen molar-refractivity contribution in [2.75, 3.05) is 5.73 Å². The van der Waals surface area contributed by atoms with E-state index in [-0.39, 0.29) is 11.7 Å². The van der Waals surface area contributed by atoms with Crippen molar-refractivity contribution in [3.63, 3.8) is 0 Å². The molecule has 2 rings (SSSR count). The first-order valence-corrected chi connectivity index (χ1v) is 5.64. The molecule has 1 unspecified atom stereocenters. The zero-order valence-corrected chi connectivity index (χ0v) is 9.90.